The monoisotopic (exact) mass is 280 g/mol. The molecular formula is C15H21ClN2O. The van der Waals surface area contributed by atoms with E-state index in [1.165, 1.54) is 0 Å². The van der Waals surface area contributed by atoms with Gasteiger partial charge in [0.2, 0.25) is 0 Å². The lowest BCUT2D eigenvalue weighted by atomic mass is 10.1. The van der Waals surface area contributed by atoms with Gasteiger partial charge in [-0.2, -0.15) is 0 Å². The molecule has 2 rings (SSSR count). The lowest BCUT2D eigenvalue weighted by molar-refractivity contribution is 0.112. The van der Waals surface area contributed by atoms with Gasteiger partial charge in [0.05, 0.1) is 0 Å². The van der Waals surface area contributed by atoms with E-state index in [-0.39, 0.29) is 0 Å². The molecule has 0 N–H and O–H groups in total. The van der Waals surface area contributed by atoms with Crippen LogP contribution in [0.2, 0.25) is 5.02 Å². The van der Waals surface area contributed by atoms with Gasteiger partial charge in [0, 0.05) is 49.0 Å². The van der Waals surface area contributed by atoms with Crippen molar-refractivity contribution in [2.75, 3.05) is 37.6 Å². The van der Waals surface area contributed by atoms with Crippen molar-refractivity contribution >= 4 is 23.6 Å². The molecule has 0 radical (unpaired) electrons. The summed E-state index contributed by atoms with van der Waals surface area (Å²) in [6.45, 7) is 9.68. The molecule has 1 aromatic rings. The van der Waals surface area contributed by atoms with E-state index >= 15 is 0 Å². The molecule has 0 aromatic heterocycles. The van der Waals surface area contributed by atoms with Crippen molar-refractivity contribution in [3.63, 3.8) is 0 Å². The molecule has 0 unspecified atom stereocenters. The van der Waals surface area contributed by atoms with Crippen LogP contribution in [0.5, 0.6) is 0 Å². The zero-order valence-corrected chi connectivity index (χ0v) is 12.4. The predicted molar refractivity (Wildman–Crippen MR) is 80.3 cm³/mol. The number of hydrogen-bond acceptors (Lipinski definition) is 3. The van der Waals surface area contributed by atoms with Crippen molar-refractivity contribution in [2.45, 2.75) is 13.8 Å². The minimum Gasteiger partial charge on any atom is -0.368 e. The molecule has 19 heavy (non-hydrogen) atoms. The third kappa shape index (κ3) is 3.71. The van der Waals surface area contributed by atoms with Gasteiger partial charge in [-0.25, -0.2) is 0 Å². The molecule has 1 aromatic carbocycles. The second-order valence-corrected chi connectivity index (χ2v) is 5.94. The molecular weight excluding hydrogens is 260 g/mol. The molecule has 4 heteroatoms. The molecule has 1 aliphatic heterocycles. The highest BCUT2D eigenvalue weighted by Crippen LogP contribution is 2.24. The van der Waals surface area contributed by atoms with E-state index in [0.29, 0.717) is 16.5 Å². The minimum atomic E-state index is 0.615. The summed E-state index contributed by atoms with van der Waals surface area (Å²) in [5.74, 6) is 0.701. The average Bonchev–Trinajstić information content (AvgIpc) is 2.39. The lowest BCUT2D eigenvalue weighted by Gasteiger charge is -2.37. The van der Waals surface area contributed by atoms with Crippen LogP contribution in [0.4, 0.5) is 5.69 Å². The van der Waals surface area contributed by atoms with Gasteiger partial charge in [-0.3, -0.25) is 9.69 Å². The maximum atomic E-state index is 11.1. The van der Waals surface area contributed by atoms with E-state index in [9.17, 15) is 4.79 Å². The zero-order chi connectivity index (χ0) is 13.8. The Morgan fingerprint density at radius 1 is 1.26 bits per heavy atom. The molecule has 0 amide bonds. The Labute approximate surface area is 120 Å². The fourth-order valence-corrected chi connectivity index (χ4v) is 2.78. The molecule has 1 aliphatic rings. The number of benzene rings is 1. The minimum absolute atomic E-state index is 0.615. The number of carbonyl (C=O) groups excluding carboxylic acids is 1. The largest absolute Gasteiger partial charge is 0.368 e. The Morgan fingerprint density at radius 3 is 2.53 bits per heavy atom. The van der Waals surface area contributed by atoms with Crippen LogP contribution in [-0.4, -0.2) is 43.9 Å². The van der Waals surface area contributed by atoms with E-state index in [0.717, 1.165) is 44.7 Å². The Kier molecular flexibility index (Phi) is 4.83. The fourth-order valence-electron chi connectivity index (χ4n) is 2.60. The first-order valence-corrected chi connectivity index (χ1v) is 7.20. The molecule has 1 fully saturated rings. The summed E-state index contributed by atoms with van der Waals surface area (Å²) in [6.07, 6.45) is 0.891. The zero-order valence-electron chi connectivity index (χ0n) is 11.6. The quantitative estimate of drug-likeness (QED) is 0.793. The third-order valence-electron chi connectivity index (χ3n) is 3.45. The second-order valence-electron chi connectivity index (χ2n) is 5.50. The fraction of sp³-hybridized carbons (Fsp3) is 0.533. The maximum Gasteiger partial charge on any atom is 0.152 e. The van der Waals surface area contributed by atoms with Gasteiger partial charge >= 0.3 is 0 Å². The first kappa shape index (κ1) is 14.4. The van der Waals surface area contributed by atoms with Gasteiger partial charge in [0.15, 0.2) is 6.29 Å². The van der Waals surface area contributed by atoms with Crippen LogP contribution < -0.4 is 4.90 Å². The van der Waals surface area contributed by atoms with Crippen LogP contribution >= 0.6 is 11.6 Å². The van der Waals surface area contributed by atoms with Crippen molar-refractivity contribution in [3.8, 4) is 0 Å². The Hall–Kier alpha value is -1.06. The van der Waals surface area contributed by atoms with Crippen molar-refractivity contribution in [1.82, 2.24) is 4.90 Å². The smallest absolute Gasteiger partial charge is 0.152 e. The van der Waals surface area contributed by atoms with E-state index in [1.807, 2.05) is 12.1 Å². The number of piperazine rings is 1. The van der Waals surface area contributed by atoms with E-state index in [1.54, 1.807) is 6.07 Å². The predicted octanol–water partition coefficient (Wildman–Crippen LogP) is 2.93. The van der Waals surface area contributed by atoms with Crippen LogP contribution in [0.15, 0.2) is 18.2 Å². The number of carbonyl (C=O) groups is 1. The summed E-state index contributed by atoms with van der Waals surface area (Å²) in [4.78, 5) is 15.9. The van der Waals surface area contributed by atoms with Crippen LogP contribution in [0, 0.1) is 5.92 Å². The average molecular weight is 281 g/mol. The number of hydrogen-bond donors (Lipinski definition) is 0. The summed E-state index contributed by atoms with van der Waals surface area (Å²) in [6, 6.07) is 5.54. The van der Waals surface area contributed by atoms with Crippen LogP contribution in [0.3, 0.4) is 0 Å². The second kappa shape index (κ2) is 6.40. The first-order chi connectivity index (χ1) is 9.10. The van der Waals surface area contributed by atoms with Crippen LogP contribution in [0.25, 0.3) is 0 Å². The SMILES string of the molecule is CC(C)CN1CCN(c2ccc(Cl)cc2C=O)CC1. The molecule has 1 saturated heterocycles. The molecule has 104 valence electrons. The van der Waals surface area contributed by atoms with Crippen LogP contribution in [0.1, 0.15) is 24.2 Å². The first-order valence-electron chi connectivity index (χ1n) is 6.82. The maximum absolute atomic E-state index is 11.1. The Bertz CT molecular complexity index is 440. The summed E-state index contributed by atoms with van der Waals surface area (Å²) in [5.41, 5.74) is 1.69. The van der Waals surface area contributed by atoms with E-state index in [4.69, 9.17) is 11.6 Å². The number of halogens is 1. The van der Waals surface area contributed by atoms with Gasteiger partial charge in [0.1, 0.15) is 0 Å². The molecule has 0 saturated carbocycles. The molecule has 1 heterocycles. The van der Waals surface area contributed by atoms with Crippen molar-refractivity contribution < 1.29 is 4.79 Å². The molecule has 3 nitrogen and oxygen atoms in total. The van der Waals surface area contributed by atoms with Gasteiger partial charge in [-0.05, 0) is 24.1 Å². The van der Waals surface area contributed by atoms with Gasteiger partial charge < -0.3 is 4.90 Å². The van der Waals surface area contributed by atoms with Crippen molar-refractivity contribution in [2.24, 2.45) is 5.92 Å². The molecule has 0 bridgehead atoms. The Balaban J connectivity index is 2.03. The van der Waals surface area contributed by atoms with E-state index in [2.05, 4.69) is 23.6 Å². The molecule has 0 aliphatic carbocycles. The van der Waals surface area contributed by atoms with Crippen molar-refractivity contribution in [3.05, 3.63) is 28.8 Å². The highest BCUT2D eigenvalue weighted by molar-refractivity contribution is 6.31. The lowest BCUT2D eigenvalue weighted by Crippen LogP contribution is -2.47. The third-order valence-corrected chi connectivity index (χ3v) is 3.69. The summed E-state index contributed by atoms with van der Waals surface area (Å²) >= 11 is 5.93. The summed E-state index contributed by atoms with van der Waals surface area (Å²) in [5, 5.41) is 0.615. The topological polar surface area (TPSA) is 23.6 Å². The number of nitrogens with zero attached hydrogens (tertiary/aromatic N) is 2. The molecule has 0 spiro atoms. The highest BCUT2D eigenvalue weighted by Gasteiger charge is 2.19. The number of rotatable bonds is 4. The Morgan fingerprint density at radius 2 is 1.95 bits per heavy atom. The van der Waals surface area contributed by atoms with E-state index < -0.39 is 0 Å². The number of aldehydes is 1. The number of anilines is 1. The summed E-state index contributed by atoms with van der Waals surface area (Å²) in [7, 11) is 0. The van der Waals surface area contributed by atoms with Gasteiger partial charge in [-0.15, -0.1) is 0 Å². The van der Waals surface area contributed by atoms with Gasteiger partial charge in [0.25, 0.3) is 0 Å². The van der Waals surface area contributed by atoms with Crippen molar-refractivity contribution in [1.29, 1.82) is 0 Å². The van der Waals surface area contributed by atoms with Gasteiger partial charge in [-0.1, -0.05) is 25.4 Å². The standard InChI is InChI=1S/C15H21ClN2O/c1-12(2)10-17-5-7-18(8-6-17)15-4-3-14(16)9-13(15)11-19/h3-4,9,11-12H,5-8,10H2,1-2H3. The summed E-state index contributed by atoms with van der Waals surface area (Å²) < 4.78 is 0. The van der Waals surface area contributed by atoms with Crippen LogP contribution in [-0.2, 0) is 0 Å². The highest BCUT2D eigenvalue weighted by atomic mass is 35.5. The molecule has 0 atom stereocenters. The normalized spacial score (nSPS) is 16.9.